The maximum atomic E-state index is 11.8. The number of esters is 1. The van der Waals surface area contributed by atoms with Crippen molar-refractivity contribution < 1.29 is 9.53 Å². The van der Waals surface area contributed by atoms with Gasteiger partial charge in [0.2, 0.25) is 0 Å². The van der Waals surface area contributed by atoms with Gasteiger partial charge in [0, 0.05) is 11.6 Å². The third-order valence-electron chi connectivity index (χ3n) is 2.31. The van der Waals surface area contributed by atoms with Crippen molar-refractivity contribution in [3.8, 4) is 0 Å². The Hall–Kier alpha value is -1.59. The first-order chi connectivity index (χ1) is 8.72. The second-order valence-electron chi connectivity index (χ2n) is 3.45. The third-order valence-corrected chi connectivity index (χ3v) is 3.48. The fourth-order valence-corrected chi connectivity index (χ4v) is 2.31. The Kier molecular flexibility index (Phi) is 4.17. The number of rotatable bonds is 4. The molecule has 94 valence electrons. The van der Waals surface area contributed by atoms with Gasteiger partial charge in [-0.3, -0.25) is 0 Å². The molecule has 2 aromatic rings. The van der Waals surface area contributed by atoms with Crippen molar-refractivity contribution >= 4 is 34.6 Å². The molecule has 6 heteroatoms. The summed E-state index contributed by atoms with van der Waals surface area (Å²) in [6, 6.07) is 6.57. The first-order valence-corrected chi connectivity index (χ1v) is 6.46. The molecule has 1 N–H and O–H groups in total. The maximum absolute atomic E-state index is 11.8. The summed E-state index contributed by atoms with van der Waals surface area (Å²) in [6.07, 6.45) is 1.64. The van der Waals surface area contributed by atoms with Crippen LogP contribution in [0.3, 0.4) is 0 Å². The van der Waals surface area contributed by atoms with E-state index in [1.807, 2.05) is 12.1 Å². The maximum Gasteiger partial charge on any atom is 0.335 e. The van der Waals surface area contributed by atoms with Crippen molar-refractivity contribution in [3.63, 3.8) is 0 Å². The van der Waals surface area contributed by atoms with Gasteiger partial charge in [0.1, 0.15) is 5.01 Å². The van der Waals surface area contributed by atoms with E-state index < -0.39 is 12.0 Å². The summed E-state index contributed by atoms with van der Waals surface area (Å²) in [6.45, 7) is 0. The third kappa shape index (κ3) is 2.80. The zero-order chi connectivity index (χ0) is 13.0. The molecule has 0 saturated heterocycles. The predicted octanol–water partition coefficient (Wildman–Crippen LogP) is 3.12. The number of nitrogens with one attached hydrogen (secondary N) is 1. The first-order valence-electron chi connectivity index (χ1n) is 5.20. The highest BCUT2D eigenvalue weighted by atomic mass is 35.5. The standard InChI is InChI=1S/C12H11ClN2O2S/c1-17-12(16)10(11-14-6-7-18-11)15-9-5-3-2-4-8(9)13/h2-7,10,15H,1H3. The van der Waals surface area contributed by atoms with Gasteiger partial charge in [-0.1, -0.05) is 23.7 Å². The number of nitrogens with zero attached hydrogens (tertiary/aromatic N) is 1. The largest absolute Gasteiger partial charge is 0.467 e. The second kappa shape index (κ2) is 5.84. The van der Waals surface area contributed by atoms with Crippen LogP contribution in [-0.4, -0.2) is 18.1 Å². The number of carbonyl (C=O) groups is 1. The average molecular weight is 283 g/mol. The molecule has 0 aliphatic rings. The summed E-state index contributed by atoms with van der Waals surface area (Å²) in [4.78, 5) is 15.9. The Balaban J connectivity index is 2.26. The van der Waals surface area contributed by atoms with Crippen molar-refractivity contribution in [2.75, 3.05) is 12.4 Å². The molecule has 1 aromatic heterocycles. The average Bonchev–Trinajstić information content (AvgIpc) is 2.90. The molecule has 18 heavy (non-hydrogen) atoms. The SMILES string of the molecule is COC(=O)C(Nc1ccccc1Cl)c1nccs1. The second-order valence-corrected chi connectivity index (χ2v) is 4.78. The number of halogens is 1. The minimum Gasteiger partial charge on any atom is -0.467 e. The highest BCUT2D eigenvalue weighted by Gasteiger charge is 2.24. The van der Waals surface area contributed by atoms with E-state index in [2.05, 4.69) is 10.3 Å². The van der Waals surface area contributed by atoms with Gasteiger partial charge in [-0.2, -0.15) is 0 Å². The lowest BCUT2D eigenvalue weighted by atomic mass is 10.2. The molecule has 1 atom stereocenters. The molecule has 1 aromatic carbocycles. The Morgan fingerprint density at radius 1 is 1.50 bits per heavy atom. The Morgan fingerprint density at radius 2 is 2.28 bits per heavy atom. The number of ether oxygens (including phenoxy) is 1. The number of carbonyl (C=O) groups excluding carboxylic acids is 1. The minimum atomic E-state index is -0.644. The van der Waals surface area contributed by atoms with Crippen LogP contribution in [0.25, 0.3) is 0 Å². The number of hydrogen-bond acceptors (Lipinski definition) is 5. The van der Waals surface area contributed by atoms with E-state index in [0.717, 1.165) is 0 Å². The highest BCUT2D eigenvalue weighted by Crippen LogP contribution is 2.27. The van der Waals surface area contributed by atoms with Crippen molar-refractivity contribution in [3.05, 3.63) is 45.9 Å². The van der Waals surface area contributed by atoms with E-state index in [1.54, 1.807) is 23.7 Å². The zero-order valence-electron chi connectivity index (χ0n) is 9.59. The molecule has 1 unspecified atom stereocenters. The zero-order valence-corrected chi connectivity index (χ0v) is 11.2. The summed E-state index contributed by atoms with van der Waals surface area (Å²) in [5.74, 6) is -0.398. The Morgan fingerprint density at radius 3 is 2.89 bits per heavy atom. The van der Waals surface area contributed by atoms with Crippen molar-refractivity contribution in [1.29, 1.82) is 0 Å². The molecule has 0 saturated carbocycles. The van der Waals surface area contributed by atoms with Gasteiger partial charge in [-0.05, 0) is 12.1 Å². The van der Waals surface area contributed by atoms with Gasteiger partial charge in [0.05, 0.1) is 17.8 Å². The van der Waals surface area contributed by atoms with Gasteiger partial charge in [-0.25, -0.2) is 9.78 Å². The number of hydrogen-bond donors (Lipinski definition) is 1. The van der Waals surface area contributed by atoms with Gasteiger partial charge in [0.25, 0.3) is 0 Å². The van der Waals surface area contributed by atoms with Crippen molar-refractivity contribution in [2.24, 2.45) is 0 Å². The molecule has 1 heterocycles. The van der Waals surface area contributed by atoms with Gasteiger partial charge in [0.15, 0.2) is 6.04 Å². The fraction of sp³-hybridized carbons (Fsp3) is 0.167. The van der Waals surface area contributed by atoms with Crippen molar-refractivity contribution in [1.82, 2.24) is 4.98 Å². The van der Waals surface area contributed by atoms with E-state index in [4.69, 9.17) is 16.3 Å². The molecule has 2 rings (SSSR count). The normalized spacial score (nSPS) is 11.9. The van der Waals surface area contributed by atoms with Gasteiger partial charge in [-0.15, -0.1) is 11.3 Å². The lowest BCUT2D eigenvalue weighted by Gasteiger charge is -2.16. The monoisotopic (exact) mass is 282 g/mol. The Bertz CT molecular complexity index is 531. The molecule has 0 radical (unpaired) electrons. The molecule has 0 aliphatic heterocycles. The van der Waals surface area contributed by atoms with Crippen LogP contribution in [0.5, 0.6) is 0 Å². The summed E-state index contributed by atoms with van der Waals surface area (Å²) in [5.41, 5.74) is 0.671. The number of benzene rings is 1. The minimum absolute atomic E-state index is 0.398. The van der Waals surface area contributed by atoms with E-state index in [-0.39, 0.29) is 0 Å². The van der Waals surface area contributed by atoms with Crippen LogP contribution in [0.2, 0.25) is 5.02 Å². The van der Waals surface area contributed by atoms with E-state index in [9.17, 15) is 4.79 Å². The van der Waals surface area contributed by atoms with E-state index in [0.29, 0.717) is 15.7 Å². The topological polar surface area (TPSA) is 51.2 Å². The van der Waals surface area contributed by atoms with Crippen LogP contribution in [-0.2, 0) is 9.53 Å². The van der Waals surface area contributed by atoms with Crippen LogP contribution in [0.1, 0.15) is 11.0 Å². The summed E-state index contributed by atoms with van der Waals surface area (Å²) < 4.78 is 4.77. The Labute approximate surface area is 114 Å². The van der Waals surface area contributed by atoms with Gasteiger partial charge < -0.3 is 10.1 Å². The molecule has 0 bridgehead atoms. The predicted molar refractivity (Wildman–Crippen MR) is 71.9 cm³/mol. The van der Waals surface area contributed by atoms with E-state index in [1.165, 1.54) is 18.4 Å². The number of aromatic nitrogens is 1. The lowest BCUT2D eigenvalue weighted by molar-refractivity contribution is -0.141. The fourth-order valence-electron chi connectivity index (χ4n) is 1.45. The molecule has 0 spiro atoms. The quantitative estimate of drug-likeness (QED) is 0.876. The van der Waals surface area contributed by atoms with Crippen molar-refractivity contribution in [2.45, 2.75) is 6.04 Å². The number of anilines is 1. The molecule has 4 nitrogen and oxygen atoms in total. The lowest BCUT2D eigenvalue weighted by Crippen LogP contribution is -2.22. The first kappa shape index (κ1) is 12.9. The van der Waals surface area contributed by atoms with Gasteiger partial charge >= 0.3 is 5.97 Å². The highest BCUT2D eigenvalue weighted by molar-refractivity contribution is 7.09. The number of thiazole rings is 1. The van der Waals surface area contributed by atoms with Crippen LogP contribution >= 0.6 is 22.9 Å². The molecule has 0 amide bonds. The van der Waals surface area contributed by atoms with Crippen LogP contribution in [0.4, 0.5) is 5.69 Å². The molecule has 0 aliphatic carbocycles. The number of methoxy groups -OCH3 is 1. The molecule has 0 fully saturated rings. The summed E-state index contributed by atoms with van der Waals surface area (Å²) in [5, 5.41) is 6.03. The summed E-state index contributed by atoms with van der Waals surface area (Å²) >= 11 is 7.43. The smallest absolute Gasteiger partial charge is 0.335 e. The van der Waals surface area contributed by atoms with Crippen LogP contribution in [0, 0.1) is 0 Å². The number of para-hydroxylation sites is 1. The molecular weight excluding hydrogens is 272 g/mol. The van der Waals surface area contributed by atoms with Crippen LogP contribution < -0.4 is 5.32 Å². The summed E-state index contributed by atoms with van der Waals surface area (Å²) in [7, 11) is 1.34. The van der Waals surface area contributed by atoms with Crippen LogP contribution in [0.15, 0.2) is 35.8 Å². The molecular formula is C12H11ClN2O2S. The van der Waals surface area contributed by atoms with E-state index >= 15 is 0 Å².